The molecule has 0 heterocycles. The number of benzene rings is 1. The first-order chi connectivity index (χ1) is 9.31. The van der Waals surface area contributed by atoms with E-state index in [1.165, 1.54) is 24.3 Å². The van der Waals surface area contributed by atoms with Gasteiger partial charge in [0.1, 0.15) is 12.4 Å². The van der Waals surface area contributed by atoms with Gasteiger partial charge in [-0.3, -0.25) is 4.79 Å². The first kappa shape index (κ1) is 16.3. The number of ether oxygens (including phenoxy) is 2. The molecular weight excluding hydrogens is 275 g/mol. The van der Waals surface area contributed by atoms with Gasteiger partial charge in [-0.15, -0.1) is 13.2 Å². The van der Waals surface area contributed by atoms with Crippen molar-refractivity contribution in [1.29, 1.82) is 0 Å². The Hall–Kier alpha value is -1.76. The van der Waals surface area contributed by atoms with Gasteiger partial charge < -0.3 is 14.8 Å². The molecule has 0 radical (unpaired) electrons. The highest BCUT2D eigenvalue weighted by atomic mass is 19.4. The van der Waals surface area contributed by atoms with Gasteiger partial charge in [0.15, 0.2) is 0 Å². The minimum atomic E-state index is -4.71. The first-order valence-electron chi connectivity index (χ1n) is 6.04. The molecule has 0 fully saturated rings. The topological polar surface area (TPSA) is 47.6 Å². The Morgan fingerprint density at radius 1 is 1.30 bits per heavy atom. The third kappa shape index (κ3) is 5.92. The molecule has 1 rings (SSSR count). The van der Waals surface area contributed by atoms with Gasteiger partial charge in [0.2, 0.25) is 5.91 Å². The molecule has 0 saturated heterocycles. The molecule has 1 amide bonds. The van der Waals surface area contributed by atoms with Gasteiger partial charge >= 0.3 is 6.36 Å². The molecule has 0 saturated carbocycles. The van der Waals surface area contributed by atoms with E-state index in [2.05, 4.69) is 10.1 Å². The molecule has 0 bridgehead atoms. The van der Waals surface area contributed by atoms with E-state index in [9.17, 15) is 18.0 Å². The summed E-state index contributed by atoms with van der Waals surface area (Å²) in [5, 5.41) is 2.67. The maximum atomic E-state index is 12.0. The van der Waals surface area contributed by atoms with Gasteiger partial charge in [-0.25, -0.2) is 0 Å². The zero-order chi connectivity index (χ0) is 15.2. The minimum Gasteiger partial charge on any atom is -0.406 e. The van der Waals surface area contributed by atoms with Crippen molar-refractivity contribution < 1.29 is 27.4 Å². The van der Waals surface area contributed by atoms with E-state index in [0.29, 0.717) is 12.2 Å². The third-order valence-corrected chi connectivity index (χ3v) is 2.43. The molecule has 1 aromatic carbocycles. The van der Waals surface area contributed by atoms with Gasteiger partial charge in [-0.2, -0.15) is 0 Å². The Kier molecular flexibility index (Phi) is 5.82. The lowest BCUT2D eigenvalue weighted by atomic mass is 10.1. The Labute approximate surface area is 114 Å². The van der Waals surface area contributed by atoms with Crippen LogP contribution < -0.4 is 10.1 Å². The summed E-state index contributed by atoms with van der Waals surface area (Å²) in [5.41, 5.74) is 0.671. The number of hydrogen-bond donors (Lipinski definition) is 1. The van der Waals surface area contributed by atoms with Gasteiger partial charge in [0, 0.05) is 6.61 Å². The van der Waals surface area contributed by atoms with Gasteiger partial charge in [-0.1, -0.05) is 12.1 Å². The summed E-state index contributed by atoms with van der Waals surface area (Å²) in [6.45, 7) is 3.89. The van der Waals surface area contributed by atoms with Crippen molar-refractivity contribution in [2.75, 3.05) is 13.2 Å². The van der Waals surface area contributed by atoms with Crippen molar-refractivity contribution in [3.05, 3.63) is 29.8 Å². The van der Waals surface area contributed by atoms with Crippen LogP contribution >= 0.6 is 0 Å². The van der Waals surface area contributed by atoms with E-state index in [4.69, 9.17) is 4.74 Å². The number of carbonyl (C=O) groups excluding carboxylic acids is 1. The lowest BCUT2D eigenvalue weighted by molar-refractivity contribution is -0.274. The summed E-state index contributed by atoms with van der Waals surface area (Å²) in [6, 6.07) is 5.00. The fraction of sp³-hybridized carbons (Fsp3) is 0.462. The van der Waals surface area contributed by atoms with Crippen molar-refractivity contribution in [1.82, 2.24) is 5.32 Å². The number of rotatable bonds is 6. The van der Waals surface area contributed by atoms with E-state index in [1.54, 1.807) is 13.8 Å². The first-order valence-corrected chi connectivity index (χ1v) is 6.04. The van der Waals surface area contributed by atoms with Crippen LogP contribution in [-0.2, 0) is 9.53 Å². The second-order valence-corrected chi connectivity index (χ2v) is 4.04. The largest absolute Gasteiger partial charge is 0.573 e. The van der Waals surface area contributed by atoms with Crippen LogP contribution in [0.25, 0.3) is 0 Å². The minimum absolute atomic E-state index is 0.0455. The van der Waals surface area contributed by atoms with Gasteiger partial charge in [-0.05, 0) is 31.5 Å². The van der Waals surface area contributed by atoms with Crippen LogP contribution in [0, 0.1) is 0 Å². The molecule has 1 N–H and O–H groups in total. The Bertz CT molecular complexity index is 431. The number of alkyl halides is 3. The standard InChI is InChI=1S/C13H16F3NO3/c1-3-19-8-12(18)17-9(2)10-4-6-11(7-5-10)20-13(14,15)16/h4-7,9H,3,8H2,1-2H3,(H,17,18). The number of amides is 1. The summed E-state index contributed by atoms with van der Waals surface area (Å²) in [4.78, 5) is 11.4. The van der Waals surface area contributed by atoms with Gasteiger partial charge in [0.05, 0.1) is 6.04 Å². The van der Waals surface area contributed by atoms with E-state index < -0.39 is 6.36 Å². The third-order valence-electron chi connectivity index (χ3n) is 2.43. The van der Waals surface area contributed by atoms with Crippen LogP contribution in [0.2, 0.25) is 0 Å². The molecule has 112 valence electrons. The molecule has 1 atom stereocenters. The highest BCUT2D eigenvalue weighted by molar-refractivity contribution is 5.77. The molecule has 7 heteroatoms. The highest BCUT2D eigenvalue weighted by Gasteiger charge is 2.31. The lowest BCUT2D eigenvalue weighted by Crippen LogP contribution is -2.30. The number of hydrogen-bond acceptors (Lipinski definition) is 3. The van der Waals surface area contributed by atoms with Crippen molar-refractivity contribution in [3.63, 3.8) is 0 Å². The van der Waals surface area contributed by atoms with Crippen LogP contribution in [0.15, 0.2) is 24.3 Å². The Morgan fingerprint density at radius 2 is 1.90 bits per heavy atom. The number of nitrogens with one attached hydrogen (secondary N) is 1. The highest BCUT2D eigenvalue weighted by Crippen LogP contribution is 2.24. The van der Waals surface area contributed by atoms with Crippen LogP contribution in [0.3, 0.4) is 0 Å². The summed E-state index contributed by atoms with van der Waals surface area (Å²) < 4.78 is 44.7. The van der Waals surface area contributed by atoms with Crippen molar-refractivity contribution in [3.8, 4) is 5.75 Å². The second-order valence-electron chi connectivity index (χ2n) is 4.04. The summed E-state index contributed by atoms with van der Waals surface area (Å²) >= 11 is 0. The Balaban J connectivity index is 2.57. The normalized spacial score (nSPS) is 12.8. The second kappa shape index (κ2) is 7.14. The van der Waals surface area contributed by atoms with Crippen molar-refractivity contribution in [2.45, 2.75) is 26.3 Å². The number of carbonyl (C=O) groups is 1. The molecule has 20 heavy (non-hydrogen) atoms. The fourth-order valence-electron chi connectivity index (χ4n) is 1.52. The molecule has 1 aromatic rings. The van der Waals surface area contributed by atoms with E-state index in [0.717, 1.165) is 0 Å². The van der Waals surface area contributed by atoms with Crippen LogP contribution in [-0.4, -0.2) is 25.5 Å². The molecule has 0 spiro atoms. The average molecular weight is 291 g/mol. The molecule has 0 aliphatic heterocycles. The molecule has 4 nitrogen and oxygen atoms in total. The summed E-state index contributed by atoms with van der Waals surface area (Å²) in [6.07, 6.45) is -4.71. The van der Waals surface area contributed by atoms with E-state index in [-0.39, 0.29) is 24.3 Å². The maximum absolute atomic E-state index is 12.0. The SMILES string of the molecule is CCOCC(=O)NC(C)c1ccc(OC(F)(F)F)cc1. The molecule has 0 aliphatic rings. The van der Waals surface area contributed by atoms with Crippen molar-refractivity contribution >= 4 is 5.91 Å². The summed E-state index contributed by atoms with van der Waals surface area (Å²) in [7, 11) is 0. The average Bonchev–Trinajstić information content (AvgIpc) is 2.35. The van der Waals surface area contributed by atoms with Crippen molar-refractivity contribution in [2.24, 2.45) is 0 Å². The smallest absolute Gasteiger partial charge is 0.406 e. The lowest BCUT2D eigenvalue weighted by Gasteiger charge is -2.15. The predicted molar refractivity (Wildman–Crippen MR) is 66.2 cm³/mol. The fourth-order valence-corrected chi connectivity index (χ4v) is 1.52. The molecule has 0 aromatic heterocycles. The monoisotopic (exact) mass is 291 g/mol. The maximum Gasteiger partial charge on any atom is 0.573 e. The quantitative estimate of drug-likeness (QED) is 0.876. The zero-order valence-corrected chi connectivity index (χ0v) is 11.2. The molecule has 0 aliphatic carbocycles. The predicted octanol–water partition coefficient (Wildman–Crippen LogP) is 2.80. The zero-order valence-electron chi connectivity index (χ0n) is 11.2. The van der Waals surface area contributed by atoms with Gasteiger partial charge in [0.25, 0.3) is 0 Å². The molecule has 1 unspecified atom stereocenters. The van der Waals surface area contributed by atoms with Crippen LogP contribution in [0.5, 0.6) is 5.75 Å². The number of halogens is 3. The van der Waals surface area contributed by atoms with Crippen LogP contribution in [0.1, 0.15) is 25.5 Å². The van der Waals surface area contributed by atoms with Crippen LogP contribution in [0.4, 0.5) is 13.2 Å². The Morgan fingerprint density at radius 3 is 2.40 bits per heavy atom. The summed E-state index contributed by atoms with van der Waals surface area (Å²) in [5.74, 6) is -0.580. The van der Waals surface area contributed by atoms with E-state index >= 15 is 0 Å². The van der Waals surface area contributed by atoms with E-state index in [1.807, 2.05) is 0 Å². The molecular formula is C13H16F3NO3.